The topological polar surface area (TPSA) is 42.8 Å². The predicted octanol–water partition coefficient (Wildman–Crippen LogP) is 4.02. The van der Waals surface area contributed by atoms with Gasteiger partial charge < -0.3 is 9.30 Å². The van der Waals surface area contributed by atoms with Gasteiger partial charge in [-0.05, 0) is 42.8 Å². The fourth-order valence-electron chi connectivity index (χ4n) is 2.50. The highest BCUT2D eigenvalue weighted by Gasteiger charge is 2.18. The largest absolute Gasteiger partial charge is 0.376 e. The molecule has 2 aromatic rings. The van der Waals surface area contributed by atoms with Gasteiger partial charge in [-0.3, -0.25) is 5.10 Å². The Bertz CT molecular complexity index is 692. The first-order valence-electron chi connectivity index (χ1n) is 6.83. The molecular formula is C14H15Cl2N3OS. The highest BCUT2D eigenvalue weighted by Crippen LogP contribution is 2.24. The van der Waals surface area contributed by atoms with Crippen molar-refractivity contribution >= 4 is 35.4 Å². The van der Waals surface area contributed by atoms with Crippen molar-refractivity contribution in [1.82, 2.24) is 14.8 Å². The summed E-state index contributed by atoms with van der Waals surface area (Å²) < 4.78 is 8.31. The van der Waals surface area contributed by atoms with Gasteiger partial charge in [-0.25, -0.2) is 0 Å². The van der Waals surface area contributed by atoms with E-state index in [1.54, 1.807) is 6.07 Å². The van der Waals surface area contributed by atoms with Crippen molar-refractivity contribution in [2.75, 3.05) is 6.61 Å². The monoisotopic (exact) mass is 343 g/mol. The number of hydrogen-bond donors (Lipinski definition) is 1. The Morgan fingerprint density at radius 2 is 2.24 bits per heavy atom. The Kier molecular flexibility index (Phi) is 4.64. The number of ether oxygens (including phenoxy) is 1. The molecule has 1 fully saturated rings. The van der Waals surface area contributed by atoms with E-state index in [0.717, 1.165) is 37.4 Å². The third-order valence-electron chi connectivity index (χ3n) is 3.59. The Balaban J connectivity index is 1.81. The normalized spacial score (nSPS) is 18.3. The number of benzene rings is 1. The first-order chi connectivity index (χ1) is 10.1. The summed E-state index contributed by atoms with van der Waals surface area (Å²) >= 11 is 17.3. The van der Waals surface area contributed by atoms with Crippen molar-refractivity contribution < 1.29 is 4.74 Å². The fraction of sp³-hybridized carbons (Fsp3) is 0.429. The summed E-state index contributed by atoms with van der Waals surface area (Å²) in [6.07, 6.45) is 3.05. The third kappa shape index (κ3) is 3.48. The van der Waals surface area contributed by atoms with E-state index >= 15 is 0 Å². The van der Waals surface area contributed by atoms with Crippen LogP contribution in [0.1, 0.15) is 24.2 Å². The number of aromatic nitrogens is 3. The molecule has 1 aromatic carbocycles. The van der Waals surface area contributed by atoms with Crippen LogP contribution in [0.4, 0.5) is 0 Å². The molecule has 0 spiro atoms. The number of halogens is 2. The zero-order valence-corrected chi connectivity index (χ0v) is 13.6. The number of nitrogens with zero attached hydrogens (tertiary/aromatic N) is 2. The van der Waals surface area contributed by atoms with Gasteiger partial charge in [0.25, 0.3) is 0 Å². The van der Waals surface area contributed by atoms with Crippen LogP contribution in [0.5, 0.6) is 0 Å². The standard InChI is InChI=1S/C14H15Cl2N3OS/c15-11-4-3-9(6-12(11)16)7-13-17-18-14(21)19(13)8-10-2-1-5-20-10/h3-4,6,10H,1-2,5,7-8H2,(H,18,21). The molecule has 1 aromatic heterocycles. The van der Waals surface area contributed by atoms with Crippen molar-refractivity contribution in [1.29, 1.82) is 0 Å². The highest BCUT2D eigenvalue weighted by molar-refractivity contribution is 7.71. The van der Waals surface area contributed by atoms with Crippen molar-refractivity contribution in [3.63, 3.8) is 0 Å². The third-order valence-corrected chi connectivity index (χ3v) is 4.64. The average molecular weight is 344 g/mol. The predicted molar refractivity (Wildman–Crippen MR) is 85.7 cm³/mol. The summed E-state index contributed by atoms with van der Waals surface area (Å²) in [7, 11) is 0. The summed E-state index contributed by atoms with van der Waals surface area (Å²) in [5.74, 6) is 0.883. The van der Waals surface area contributed by atoms with E-state index in [4.69, 9.17) is 40.2 Å². The minimum atomic E-state index is 0.224. The molecule has 1 aliphatic heterocycles. The number of aromatic amines is 1. The highest BCUT2D eigenvalue weighted by atomic mass is 35.5. The average Bonchev–Trinajstić information content (AvgIpc) is 3.08. The van der Waals surface area contributed by atoms with Crippen LogP contribution in [0.3, 0.4) is 0 Å². The van der Waals surface area contributed by atoms with Crippen molar-refractivity contribution in [3.8, 4) is 0 Å². The SMILES string of the molecule is S=c1[nH]nc(Cc2ccc(Cl)c(Cl)c2)n1CC1CCCO1. The lowest BCUT2D eigenvalue weighted by molar-refractivity contribution is 0.0960. The maximum atomic E-state index is 6.05. The van der Waals surface area contributed by atoms with E-state index in [1.807, 2.05) is 16.7 Å². The van der Waals surface area contributed by atoms with Crippen LogP contribution in [0.15, 0.2) is 18.2 Å². The second-order valence-corrected chi connectivity index (χ2v) is 6.32. The molecule has 0 saturated carbocycles. The number of H-pyrrole nitrogens is 1. The molecule has 1 N–H and O–H groups in total. The molecule has 0 bridgehead atoms. The van der Waals surface area contributed by atoms with Crippen molar-refractivity contribution in [2.45, 2.75) is 31.9 Å². The molecule has 0 aliphatic carbocycles. The van der Waals surface area contributed by atoms with Gasteiger partial charge in [0, 0.05) is 13.0 Å². The van der Waals surface area contributed by atoms with Crippen LogP contribution < -0.4 is 0 Å². The van der Waals surface area contributed by atoms with Gasteiger partial charge in [0.05, 0.1) is 22.7 Å². The molecule has 1 saturated heterocycles. The molecule has 1 aliphatic rings. The van der Waals surface area contributed by atoms with Crippen LogP contribution in [0.25, 0.3) is 0 Å². The number of rotatable bonds is 4. The van der Waals surface area contributed by atoms with Gasteiger partial charge in [-0.1, -0.05) is 29.3 Å². The molecule has 0 amide bonds. The van der Waals surface area contributed by atoms with Gasteiger partial charge in [0.2, 0.25) is 0 Å². The first-order valence-corrected chi connectivity index (χ1v) is 7.99. The minimum absolute atomic E-state index is 0.224. The number of hydrogen-bond acceptors (Lipinski definition) is 3. The molecule has 1 atom stereocenters. The van der Waals surface area contributed by atoms with Crippen LogP contribution in [-0.2, 0) is 17.7 Å². The van der Waals surface area contributed by atoms with E-state index in [9.17, 15) is 0 Å². The zero-order chi connectivity index (χ0) is 14.8. The number of nitrogens with one attached hydrogen (secondary N) is 1. The van der Waals surface area contributed by atoms with Gasteiger partial charge in [0.1, 0.15) is 5.82 Å². The lowest BCUT2D eigenvalue weighted by Crippen LogP contribution is -2.17. The molecule has 2 heterocycles. The second-order valence-electron chi connectivity index (χ2n) is 5.12. The van der Waals surface area contributed by atoms with Crippen LogP contribution in [0, 0.1) is 4.77 Å². The fourth-order valence-corrected chi connectivity index (χ4v) is 3.04. The lowest BCUT2D eigenvalue weighted by Gasteiger charge is -2.12. The molecule has 21 heavy (non-hydrogen) atoms. The lowest BCUT2D eigenvalue weighted by atomic mass is 10.1. The molecule has 112 valence electrons. The Morgan fingerprint density at radius 1 is 1.38 bits per heavy atom. The quantitative estimate of drug-likeness (QED) is 0.852. The van der Waals surface area contributed by atoms with Gasteiger partial charge in [-0.2, -0.15) is 5.10 Å². The smallest absolute Gasteiger partial charge is 0.195 e. The minimum Gasteiger partial charge on any atom is -0.376 e. The van der Waals surface area contributed by atoms with E-state index in [2.05, 4.69) is 10.2 Å². The molecule has 1 unspecified atom stereocenters. The van der Waals surface area contributed by atoms with Gasteiger partial charge in [0.15, 0.2) is 4.77 Å². The Hall–Kier alpha value is -0.880. The second kappa shape index (κ2) is 6.48. The van der Waals surface area contributed by atoms with E-state index < -0.39 is 0 Å². The van der Waals surface area contributed by atoms with Crippen molar-refractivity contribution in [3.05, 3.63) is 44.4 Å². The van der Waals surface area contributed by atoms with E-state index in [-0.39, 0.29) is 6.10 Å². The van der Waals surface area contributed by atoms with E-state index in [0.29, 0.717) is 21.2 Å². The first kappa shape index (κ1) is 15.0. The van der Waals surface area contributed by atoms with Gasteiger partial charge >= 0.3 is 0 Å². The molecule has 7 heteroatoms. The Morgan fingerprint density at radius 3 is 2.95 bits per heavy atom. The zero-order valence-electron chi connectivity index (χ0n) is 11.3. The molecule has 4 nitrogen and oxygen atoms in total. The van der Waals surface area contributed by atoms with Crippen molar-refractivity contribution in [2.24, 2.45) is 0 Å². The van der Waals surface area contributed by atoms with Gasteiger partial charge in [-0.15, -0.1) is 0 Å². The summed E-state index contributed by atoms with van der Waals surface area (Å²) in [4.78, 5) is 0. The molecular weight excluding hydrogens is 329 g/mol. The maximum absolute atomic E-state index is 6.05. The van der Waals surface area contributed by atoms with Crippen LogP contribution in [-0.4, -0.2) is 27.5 Å². The summed E-state index contributed by atoms with van der Waals surface area (Å²) in [5.41, 5.74) is 1.05. The summed E-state index contributed by atoms with van der Waals surface area (Å²) in [5, 5.41) is 8.28. The maximum Gasteiger partial charge on any atom is 0.195 e. The van der Waals surface area contributed by atoms with Crippen LogP contribution >= 0.6 is 35.4 Å². The Labute approximate surface area is 138 Å². The summed E-state index contributed by atoms with van der Waals surface area (Å²) in [6, 6.07) is 5.60. The van der Waals surface area contributed by atoms with E-state index in [1.165, 1.54) is 0 Å². The molecule has 0 radical (unpaired) electrons. The molecule has 3 rings (SSSR count). The summed E-state index contributed by atoms with van der Waals surface area (Å²) in [6.45, 7) is 1.57. The van der Waals surface area contributed by atoms with Crippen LogP contribution in [0.2, 0.25) is 10.0 Å².